The highest BCUT2D eigenvalue weighted by atomic mass is 127. The van der Waals surface area contributed by atoms with E-state index >= 15 is 0 Å². The maximum absolute atomic E-state index is 14.4. The van der Waals surface area contributed by atoms with Crippen LogP contribution in [0.3, 0.4) is 0 Å². The molecule has 156 valence electrons. The molecule has 1 aromatic heterocycles. The van der Waals surface area contributed by atoms with Gasteiger partial charge in [-0.1, -0.05) is 12.1 Å². The number of nitrogens with one attached hydrogen (secondary N) is 1. The standard InChI is InChI=1S/C14H8F10IN3/c15-10(16,13(19,20)21)12(28-7-3-6-26-28,11(17,18)14(22,23)24)27-9-5-2-1-4-8(9)25/h1-7,27H. The molecule has 3 nitrogen and oxygen atoms in total. The van der Waals surface area contributed by atoms with Crippen LogP contribution in [0.25, 0.3) is 0 Å². The normalized spacial score (nSPS) is 14.2. The maximum atomic E-state index is 14.4. The van der Waals surface area contributed by atoms with Crippen LogP contribution in [0.1, 0.15) is 0 Å². The zero-order valence-corrected chi connectivity index (χ0v) is 15.3. The fourth-order valence-electron chi connectivity index (χ4n) is 2.33. The Morgan fingerprint density at radius 2 is 1.29 bits per heavy atom. The first-order valence-corrected chi connectivity index (χ1v) is 8.09. The predicted molar refractivity (Wildman–Crippen MR) is 85.0 cm³/mol. The van der Waals surface area contributed by atoms with E-state index in [1.165, 1.54) is 28.7 Å². The van der Waals surface area contributed by atoms with Gasteiger partial charge in [-0.25, -0.2) is 4.68 Å². The Hall–Kier alpha value is -1.74. The van der Waals surface area contributed by atoms with Crippen LogP contribution in [-0.2, 0) is 5.66 Å². The summed E-state index contributed by atoms with van der Waals surface area (Å²) in [5, 5.41) is 3.98. The molecule has 1 N–H and O–H groups in total. The minimum Gasteiger partial charge on any atom is -0.350 e. The van der Waals surface area contributed by atoms with Crippen LogP contribution >= 0.6 is 22.6 Å². The monoisotopic (exact) mass is 535 g/mol. The molecule has 0 radical (unpaired) electrons. The second kappa shape index (κ2) is 6.95. The predicted octanol–water partition coefficient (Wildman–Crippen LogP) is 5.65. The summed E-state index contributed by atoms with van der Waals surface area (Å²) in [7, 11) is 0. The van der Waals surface area contributed by atoms with Crippen molar-refractivity contribution in [3.63, 3.8) is 0 Å². The van der Waals surface area contributed by atoms with Crippen LogP contribution in [-0.4, -0.2) is 34.0 Å². The van der Waals surface area contributed by atoms with Gasteiger partial charge in [-0.05, 0) is 40.8 Å². The molecule has 1 heterocycles. The molecule has 0 unspecified atom stereocenters. The van der Waals surface area contributed by atoms with E-state index in [1.54, 1.807) is 0 Å². The van der Waals surface area contributed by atoms with Gasteiger partial charge in [0.05, 0.1) is 0 Å². The Bertz CT molecular complexity index is 788. The van der Waals surface area contributed by atoms with Gasteiger partial charge in [-0.3, -0.25) is 0 Å². The van der Waals surface area contributed by atoms with Crippen molar-refractivity contribution in [3.05, 3.63) is 46.3 Å². The van der Waals surface area contributed by atoms with Gasteiger partial charge in [-0.2, -0.15) is 49.0 Å². The van der Waals surface area contributed by atoms with Crippen LogP contribution in [0.5, 0.6) is 0 Å². The molecule has 2 aromatic rings. The van der Waals surface area contributed by atoms with Gasteiger partial charge in [0.15, 0.2) is 0 Å². The molecule has 0 amide bonds. The van der Waals surface area contributed by atoms with Gasteiger partial charge in [0.25, 0.3) is 5.66 Å². The Kier molecular flexibility index (Phi) is 5.59. The van der Waals surface area contributed by atoms with Gasteiger partial charge < -0.3 is 5.32 Å². The average Bonchev–Trinajstić information content (AvgIpc) is 3.06. The molecule has 0 aliphatic rings. The van der Waals surface area contributed by atoms with Crippen LogP contribution in [0.2, 0.25) is 0 Å². The van der Waals surface area contributed by atoms with Gasteiger partial charge >= 0.3 is 24.2 Å². The SMILES string of the molecule is FC(F)(F)C(F)(F)C(Nc1ccccc1I)(n1cccn1)C(F)(F)C(F)(F)F. The van der Waals surface area contributed by atoms with Crippen molar-refractivity contribution >= 4 is 28.3 Å². The second-order valence-electron chi connectivity index (χ2n) is 5.41. The van der Waals surface area contributed by atoms with E-state index in [4.69, 9.17) is 0 Å². The fraction of sp³-hybridized carbons (Fsp3) is 0.357. The van der Waals surface area contributed by atoms with Gasteiger partial charge in [0.1, 0.15) is 0 Å². The van der Waals surface area contributed by atoms with E-state index < -0.39 is 40.2 Å². The molecule has 0 fully saturated rings. The van der Waals surface area contributed by atoms with Crippen LogP contribution in [0, 0.1) is 3.57 Å². The Morgan fingerprint density at radius 3 is 1.68 bits per heavy atom. The van der Waals surface area contributed by atoms with E-state index in [0.717, 1.165) is 23.5 Å². The molecule has 0 spiro atoms. The first-order valence-electron chi connectivity index (χ1n) is 7.01. The molecule has 14 heteroatoms. The smallest absolute Gasteiger partial charge is 0.350 e. The zero-order chi connectivity index (χ0) is 21.6. The summed E-state index contributed by atoms with van der Waals surface area (Å²) in [5.74, 6) is -13.2. The Morgan fingerprint density at radius 1 is 0.786 bits per heavy atom. The highest BCUT2D eigenvalue weighted by molar-refractivity contribution is 14.1. The maximum Gasteiger partial charge on any atom is 0.458 e. The molecule has 0 bridgehead atoms. The molecule has 2 rings (SSSR count). The number of rotatable bonds is 5. The van der Waals surface area contributed by atoms with Gasteiger partial charge in [0.2, 0.25) is 0 Å². The third-order valence-corrected chi connectivity index (χ3v) is 4.60. The largest absolute Gasteiger partial charge is 0.458 e. The summed E-state index contributed by atoms with van der Waals surface area (Å²) >= 11 is 1.37. The number of hydrogen-bond acceptors (Lipinski definition) is 2. The van der Waals surface area contributed by atoms with Crippen molar-refractivity contribution in [3.8, 4) is 0 Å². The first-order chi connectivity index (χ1) is 12.6. The Labute approximate surface area is 163 Å². The minimum atomic E-state index is -6.79. The quantitative estimate of drug-likeness (QED) is 0.397. The van der Waals surface area contributed by atoms with E-state index in [1.807, 2.05) is 0 Å². The minimum absolute atomic E-state index is 0.155. The summed E-state index contributed by atoms with van der Waals surface area (Å²) in [6.07, 6.45) is -12.9. The van der Waals surface area contributed by atoms with Crippen molar-refractivity contribution in [1.82, 2.24) is 9.78 Å². The number of hydrogen-bond donors (Lipinski definition) is 1. The van der Waals surface area contributed by atoms with Crippen molar-refractivity contribution in [2.24, 2.45) is 0 Å². The molecular formula is C14H8F10IN3. The number of nitrogens with zero attached hydrogens (tertiary/aromatic N) is 2. The lowest BCUT2D eigenvalue weighted by Crippen LogP contribution is -2.74. The van der Waals surface area contributed by atoms with E-state index in [2.05, 4.69) is 5.10 Å². The van der Waals surface area contributed by atoms with Crippen molar-refractivity contribution in [2.45, 2.75) is 29.9 Å². The first kappa shape index (κ1) is 22.5. The fourth-order valence-corrected chi connectivity index (χ4v) is 2.86. The van der Waals surface area contributed by atoms with E-state index in [9.17, 15) is 43.9 Å². The summed E-state index contributed by atoms with van der Waals surface area (Å²) < 4.78 is 135. The van der Waals surface area contributed by atoms with Crippen LogP contribution < -0.4 is 5.32 Å². The van der Waals surface area contributed by atoms with Crippen LogP contribution in [0.4, 0.5) is 49.6 Å². The average molecular weight is 535 g/mol. The lowest BCUT2D eigenvalue weighted by atomic mass is 9.91. The zero-order valence-electron chi connectivity index (χ0n) is 13.1. The van der Waals surface area contributed by atoms with E-state index in [0.29, 0.717) is 12.3 Å². The molecule has 0 atom stereocenters. The summed E-state index contributed by atoms with van der Waals surface area (Å²) in [6.45, 7) is 0. The highest BCUT2D eigenvalue weighted by Gasteiger charge is 2.87. The molecule has 0 saturated carbocycles. The number of benzene rings is 1. The summed E-state index contributed by atoms with van der Waals surface area (Å²) in [5.41, 5.74) is -6.20. The second-order valence-corrected chi connectivity index (χ2v) is 6.57. The number of anilines is 1. The highest BCUT2D eigenvalue weighted by Crippen LogP contribution is 2.58. The molecular weight excluding hydrogens is 527 g/mol. The molecule has 0 aliphatic carbocycles. The summed E-state index contributed by atoms with van der Waals surface area (Å²) in [6, 6.07) is 4.83. The molecule has 0 aliphatic heterocycles. The third-order valence-electron chi connectivity index (χ3n) is 3.66. The van der Waals surface area contributed by atoms with Crippen LogP contribution in [0.15, 0.2) is 42.7 Å². The third kappa shape index (κ3) is 3.28. The summed E-state index contributed by atoms with van der Waals surface area (Å²) in [4.78, 5) is 0. The van der Waals surface area contributed by atoms with E-state index in [-0.39, 0.29) is 9.77 Å². The number of para-hydroxylation sites is 1. The van der Waals surface area contributed by atoms with Gasteiger partial charge in [-0.15, -0.1) is 0 Å². The lowest BCUT2D eigenvalue weighted by molar-refractivity contribution is -0.395. The van der Waals surface area contributed by atoms with Gasteiger partial charge in [0, 0.05) is 21.7 Å². The van der Waals surface area contributed by atoms with Crippen molar-refractivity contribution < 1.29 is 43.9 Å². The molecule has 1 aromatic carbocycles. The topological polar surface area (TPSA) is 29.9 Å². The molecule has 0 saturated heterocycles. The van der Waals surface area contributed by atoms with Crippen molar-refractivity contribution in [1.29, 1.82) is 0 Å². The number of alkyl halides is 10. The number of aromatic nitrogens is 2. The number of halogens is 11. The Balaban J connectivity index is 2.95. The lowest BCUT2D eigenvalue weighted by Gasteiger charge is -2.46. The molecule has 28 heavy (non-hydrogen) atoms. The van der Waals surface area contributed by atoms with Crippen molar-refractivity contribution in [2.75, 3.05) is 5.32 Å².